The van der Waals surface area contributed by atoms with E-state index >= 15 is 0 Å². The topological polar surface area (TPSA) is 116 Å². The van der Waals surface area contributed by atoms with E-state index in [0.717, 1.165) is 67.6 Å². The van der Waals surface area contributed by atoms with Crippen LogP contribution >= 0.6 is 21.6 Å². The minimum absolute atomic E-state index is 0.000530. The van der Waals surface area contributed by atoms with Gasteiger partial charge in [-0.1, -0.05) is 74.3 Å². The van der Waals surface area contributed by atoms with E-state index in [-0.39, 0.29) is 59.2 Å². The van der Waals surface area contributed by atoms with Crippen LogP contribution in [0.5, 0.6) is 0 Å². The minimum atomic E-state index is -1.18. The van der Waals surface area contributed by atoms with Crippen molar-refractivity contribution < 1.29 is 25.2 Å². The number of aliphatic hydroxyl groups excluding tert-OH is 3. The molecule has 1 aromatic rings. The second-order valence-corrected chi connectivity index (χ2v) is 19.9. The lowest BCUT2D eigenvalue weighted by Crippen LogP contribution is -2.65. The molecule has 1 saturated heterocycles. The molecule has 2 heterocycles. The summed E-state index contributed by atoms with van der Waals surface area (Å²) in [4.78, 5) is 18.4. The van der Waals surface area contributed by atoms with Crippen LogP contribution in [-0.4, -0.2) is 71.2 Å². The normalized spacial score (nSPS) is 48.7. The molecule has 47 heavy (non-hydrogen) atoms. The summed E-state index contributed by atoms with van der Waals surface area (Å²) in [5.74, 6) is 1.66. The van der Waals surface area contributed by atoms with Crippen LogP contribution < -0.4 is 0 Å². The first-order valence-corrected chi connectivity index (χ1v) is 20.6. The molecule has 1 aromatic heterocycles. The van der Waals surface area contributed by atoms with Gasteiger partial charge in [0.05, 0.1) is 30.2 Å². The van der Waals surface area contributed by atoms with Crippen LogP contribution in [0.25, 0.3) is 0 Å². The van der Waals surface area contributed by atoms with E-state index in [2.05, 4.69) is 43.8 Å². The Morgan fingerprint density at radius 1 is 0.915 bits per heavy atom. The molecular formula is C38H56N2O5S2. The number of fused-ring (bicyclic) bond motifs is 6. The highest BCUT2D eigenvalue weighted by atomic mass is 33.1. The lowest BCUT2D eigenvalue weighted by Gasteiger charge is -2.64. The summed E-state index contributed by atoms with van der Waals surface area (Å²) in [7, 11) is 3.71. The van der Waals surface area contributed by atoms with Crippen molar-refractivity contribution in [3.8, 4) is 0 Å². The summed E-state index contributed by atoms with van der Waals surface area (Å²) in [6, 6.07) is 0.219. The van der Waals surface area contributed by atoms with Gasteiger partial charge >= 0.3 is 0 Å². The summed E-state index contributed by atoms with van der Waals surface area (Å²) in [5.41, 5.74) is -0.374. The summed E-state index contributed by atoms with van der Waals surface area (Å²) >= 11 is 0. The van der Waals surface area contributed by atoms with Crippen molar-refractivity contribution in [2.75, 3.05) is 11.5 Å². The van der Waals surface area contributed by atoms with Crippen LogP contribution in [-0.2, 0) is 4.79 Å². The Bertz CT molecular complexity index is 1400. The molecule has 1 aliphatic heterocycles. The predicted molar refractivity (Wildman–Crippen MR) is 188 cm³/mol. The largest absolute Gasteiger partial charge is 0.392 e. The van der Waals surface area contributed by atoms with E-state index in [1.807, 2.05) is 40.3 Å². The zero-order valence-electron chi connectivity index (χ0n) is 28.7. The van der Waals surface area contributed by atoms with Gasteiger partial charge in [-0.3, -0.25) is 4.79 Å². The molecule has 0 radical (unpaired) electrons. The van der Waals surface area contributed by atoms with E-state index in [9.17, 15) is 25.2 Å². The van der Waals surface area contributed by atoms with Crippen LogP contribution in [0.1, 0.15) is 97.9 Å². The highest BCUT2D eigenvalue weighted by molar-refractivity contribution is 8.76. The number of aliphatic hydroxyl groups is 4. The van der Waals surface area contributed by atoms with Crippen LogP contribution in [0, 0.1) is 51.8 Å². The van der Waals surface area contributed by atoms with Gasteiger partial charge in [-0.2, -0.15) is 0 Å². The van der Waals surface area contributed by atoms with Gasteiger partial charge < -0.3 is 25.0 Å². The van der Waals surface area contributed by atoms with Crippen molar-refractivity contribution in [2.24, 2.45) is 51.8 Å². The predicted octanol–water partition coefficient (Wildman–Crippen LogP) is 6.39. The maximum absolute atomic E-state index is 14.0. The molecule has 260 valence electrons. The average molecular weight is 685 g/mol. The molecule has 2 bridgehead atoms. The second-order valence-electron chi connectivity index (χ2n) is 17.4. The fourth-order valence-corrected chi connectivity index (χ4v) is 14.6. The van der Waals surface area contributed by atoms with Gasteiger partial charge in [0.15, 0.2) is 5.78 Å². The third-order valence-corrected chi connectivity index (χ3v) is 17.3. The summed E-state index contributed by atoms with van der Waals surface area (Å²) in [6.07, 6.45) is 13.2. The Balaban J connectivity index is 1.32. The second kappa shape index (κ2) is 12.3. The molecule has 0 aromatic carbocycles. The molecule has 6 aliphatic rings. The van der Waals surface area contributed by atoms with E-state index in [1.165, 1.54) is 0 Å². The number of allylic oxidation sites excluding steroid dienone is 1. The van der Waals surface area contributed by atoms with Gasteiger partial charge in [0.1, 0.15) is 0 Å². The molecule has 0 spiro atoms. The van der Waals surface area contributed by atoms with Gasteiger partial charge in [0.2, 0.25) is 0 Å². The van der Waals surface area contributed by atoms with Crippen LogP contribution in [0.15, 0.2) is 42.5 Å². The smallest absolute Gasteiger partial charge is 0.159 e. The molecule has 5 fully saturated rings. The van der Waals surface area contributed by atoms with Crippen molar-refractivity contribution >= 4 is 27.4 Å². The Morgan fingerprint density at radius 3 is 2.40 bits per heavy atom. The first-order valence-electron chi connectivity index (χ1n) is 18.1. The molecule has 4 saturated carbocycles. The Morgan fingerprint density at radius 2 is 1.66 bits per heavy atom. The maximum Gasteiger partial charge on any atom is 0.159 e. The highest BCUT2D eigenvalue weighted by Gasteiger charge is 2.73. The molecule has 4 N–H and O–H groups in total. The molecule has 7 rings (SSSR count). The molecular weight excluding hydrogens is 629 g/mol. The van der Waals surface area contributed by atoms with Crippen molar-refractivity contribution in [2.45, 2.75) is 122 Å². The molecule has 0 amide bonds. The number of carbonyl (C=O) groups is 1. The minimum Gasteiger partial charge on any atom is -0.392 e. The fraction of sp³-hybridized carbons (Fsp3) is 0.789. The zero-order valence-corrected chi connectivity index (χ0v) is 30.3. The Kier molecular flexibility index (Phi) is 8.99. The molecule has 7 nitrogen and oxygen atoms in total. The van der Waals surface area contributed by atoms with Crippen LogP contribution in [0.4, 0.5) is 0 Å². The number of hydrogen-bond donors (Lipinski definition) is 4. The highest BCUT2D eigenvalue weighted by Crippen LogP contribution is 2.73. The molecule has 5 aliphatic carbocycles. The molecule has 13 atom stereocenters. The monoisotopic (exact) mass is 684 g/mol. The number of rotatable bonds is 1. The van der Waals surface area contributed by atoms with Crippen LogP contribution in [0.3, 0.4) is 0 Å². The quantitative estimate of drug-likeness (QED) is 0.199. The fourth-order valence-electron chi connectivity index (χ4n) is 11.9. The first-order chi connectivity index (χ1) is 22.2. The van der Waals surface area contributed by atoms with Gasteiger partial charge in [0, 0.05) is 47.2 Å². The number of carbonyl (C=O) groups excluding carboxylic acids is 1. The lowest BCUT2D eigenvalue weighted by atomic mass is 9.42. The number of aromatic nitrogens is 2. The van der Waals surface area contributed by atoms with E-state index < -0.39 is 34.7 Å². The molecule has 0 unspecified atom stereocenters. The number of imidazole rings is 1. The lowest BCUT2D eigenvalue weighted by molar-refractivity contribution is -0.177. The van der Waals surface area contributed by atoms with Gasteiger partial charge in [0.25, 0.3) is 0 Å². The van der Waals surface area contributed by atoms with E-state index in [1.54, 1.807) is 6.08 Å². The van der Waals surface area contributed by atoms with Crippen LogP contribution in [0.2, 0.25) is 0 Å². The van der Waals surface area contributed by atoms with Gasteiger partial charge in [-0.05, 0) is 97.5 Å². The SMILES string of the molecule is C=C1C[C@@H](O)[C@H]2CCCC[C@@H]3C[C@H]4C(=CC(=O)[C@@H]5C[C@@H](O)[C@@H](O)C[C@@]54C)[C@]4(O)[C@@H](CSSC[C@H](n5ccnc5)CC1(C)C)C[C@H]2[C@@]34C. The third-order valence-electron chi connectivity index (χ3n) is 14.8. The van der Waals surface area contributed by atoms with E-state index in [0.29, 0.717) is 12.8 Å². The van der Waals surface area contributed by atoms with Crippen molar-refractivity contribution in [1.82, 2.24) is 9.55 Å². The first kappa shape index (κ1) is 34.4. The number of hydrogen-bond acceptors (Lipinski definition) is 8. The maximum atomic E-state index is 14.0. The summed E-state index contributed by atoms with van der Waals surface area (Å²) in [6.45, 7) is 13.6. The van der Waals surface area contributed by atoms with Gasteiger partial charge in [-0.25, -0.2) is 4.98 Å². The summed E-state index contributed by atoms with van der Waals surface area (Å²) < 4.78 is 2.20. The molecule has 9 heteroatoms. The average Bonchev–Trinajstić information content (AvgIpc) is 3.62. The number of ketones is 1. The van der Waals surface area contributed by atoms with Crippen molar-refractivity contribution in [1.29, 1.82) is 0 Å². The Labute approximate surface area is 288 Å². The Hall–Kier alpha value is -1.10. The van der Waals surface area contributed by atoms with E-state index in [4.69, 9.17) is 0 Å². The zero-order chi connectivity index (χ0) is 33.5. The standard InChI is InChI=1S/C38H56N2O5S2/c1-22-12-31(41)26-9-7-6-8-23-13-28-29(15-32(42)30-16-33(43)34(44)18-36(28,30)4)38(45)24(14-27(26)37(23,38)5)19-46-47-20-25(17-35(22,2)3)40-11-10-39-21-40/h10-11,15,21,23-28,30-31,33-34,41,43-45H,1,6-9,12-14,16-20H2,2-5H3/t23-,24-,25-,26+,27-,28+,30+,31-,33-,34+,36-,37-,38-/m1/s1. The summed E-state index contributed by atoms with van der Waals surface area (Å²) in [5, 5.41) is 47.5. The van der Waals surface area contributed by atoms with Crippen molar-refractivity contribution in [3.63, 3.8) is 0 Å². The third kappa shape index (κ3) is 5.30. The van der Waals surface area contributed by atoms with Crippen molar-refractivity contribution in [3.05, 3.63) is 42.5 Å². The number of nitrogens with zero attached hydrogens (tertiary/aromatic N) is 2. The van der Waals surface area contributed by atoms with Gasteiger partial charge in [-0.15, -0.1) is 0 Å².